The fourth-order valence-electron chi connectivity index (χ4n) is 3.18. The maximum absolute atomic E-state index is 13.2. The van der Waals surface area contributed by atoms with E-state index in [-0.39, 0.29) is 30.9 Å². The van der Waals surface area contributed by atoms with E-state index >= 15 is 0 Å². The number of para-hydroxylation sites is 2. The highest BCUT2D eigenvalue weighted by atomic mass is 16.5. The second kappa shape index (κ2) is 9.45. The minimum absolute atomic E-state index is 0.0120. The van der Waals surface area contributed by atoms with Crippen LogP contribution in [0.15, 0.2) is 54.2 Å². The van der Waals surface area contributed by atoms with Crippen molar-refractivity contribution >= 4 is 23.1 Å². The smallest absolute Gasteiger partial charge is 0.278 e. The van der Waals surface area contributed by atoms with Gasteiger partial charge in [-0.25, -0.2) is 0 Å². The van der Waals surface area contributed by atoms with Gasteiger partial charge < -0.3 is 19.5 Å². The molecule has 1 N–H and O–H groups in total. The molecule has 0 spiro atoms. The molecule has 0 aliphatic carbocycles. The van der Waals surface area contributed by atoms with Crippen molar-refractivity contribution in [3.8, 4) is 11.5 Å². The molecule has 0 atom stereocenters. The highest BCUT2D eigenvalue weighted by Crippen LogP contribution is 2.33. The van der Waals surface area contributed by atoms with E-state index in [1.54, 1.807) is 50.6 Å². The quantitative estimate of drug-likeness (QED) is 0.639. The predicted octanol–water partition coefficient (Wildman–Crippen LogP) is 3.32. The summed E-state index contributed by atoms with van der Waals surface area (Å²) in [5.41, 5.74) is 1.73. The molecule has 0 saturated carbocycles. The molecule has 3 rings (SSSR count). The lowest BCUT2D eigenvalue weighted by atomic mass is 10.0. The number of benzene rings is 2. The summed E-state index contributed by atoms with van der Waals surface area (Å²) < 4.78 is 16.1. The van der Waals surface area contributed by atoms with E-state index in [0.717, 1.165) is 0 Å². The second-order valence-corrected chi connectivity index (χ2v) is 6.99. The van der Waals surface area contributed by atoms with Crippen LogP contribution >= 0.6 is 0 Å². The lowest BCUT2D eigenvalue weighted by molar-refractivity contribution is -0.137. The summed E-state index contributed by atoms with van der Waals surface area (Å²) in [5.74, 6) is 0.470. The first kappa shape index (κ1) is 21.4. The molecule has 2 amide bonds. The van der Waals surface area contributed by atoms with E-state index in [1.165, 1.54) is 4.90 Å². The van der Waals surface area contributed by atoms with Gasteiger partial charge in [0.25, 0.3) is 11.8 Å². The molecule has 1 heterocycles. The maximum Gasteiger partial charge on any atom is 0.278 e. The van der Waals surface area contributed by atoms with E-state index in [2.05, 4.69) is 5.32 Å². The SMILES string of the molecule is COc1ccc(C2=C(Nc3ccccc3OC)C(=O)N(CCOC(C)C)C2=O)cc1. The largest absolute Gasteiger partial charge is 0.497 e. The first-order chi connectivity index (χ1) is 14.5. The molecule has 7 nitrogen and oxygen atoms in total. The van der Waals surface area contributed by atoms with Crippen LogP contribution in [0.25, 0.3) is 5.57 Å². The number of amides is 2. The Morgan fingerprint density at radius 2 is 1.63 bits per heavy atom. The van der Waals surface area contributed by atoms with Gasteiger partial charge in [-0.2, -0.15) is 0 Å². The van der Waals surface area contributed by atoms with Crippen molar-refractivity contribution in [1.82, 2.24) is 4.90 Å². The standard InChI is InChI=1S/C23H26N2O5/c1-15(2)30-14-13-25-22(26)20(16-9-11-17(28-3)12-10-16)21(23(25)27)24-18-7-5-6-8-19(18)29-4/h5-12,15,24H,13-14H2,1-4H3. The number of hydrogen-bond acceptors (Lipinski definition) is 6. The third kappa shape index (κ3) is 4.46. The van der Waals surface area contributed by atoms with Gasteiger partial charge in [-0.1, -0.05) is 24.3 Å². The monoisotopic (exact) mass is 410 g/mol. The maximum atomic E-state index is 13.2. The lowest BCUT2D eigenvalue weighted by Crippen LogP contribution is -2.35. The van der Waals surface area contributed by atoms with Gasteiger partial charge in [0.1, 0.15) is 17.2 Å². The van der Waals surface area contributed by atoms with Crippen LogP contribution in [0.4, 0.5) is 5.69 Å². The molecule has 0 unspecified atom stereocenters. The van der Waals surface area contributed by atoms with Crippen LogP contribution in [0.2, 0.25) is 0 Å². The van der Waals surface area contributed by atoms with Gasteiger partial charge in [-0.15, -0.1) is 0 Å². The molecule has 1 aliphatic rings. The Kier molecular flexibility index (Phi) is 6.74. The van der Waals surface area contributed by atoms with E-state index < -0.39 is 5.91 Å². The summed E-state index contributed by atoms with van der Waals surface area (Å²) in [5, 5.41) is 3.12. The first-order valence-corrected chi connectivity index (χ1v) is 9.72. The second-order valence-electron chi connectivity index (χ2n) is 6.99. The third-order valence-electron chi connectivity index (χ3n) is 4.68. The fraction of sp³-hybridized carbons (Fsp3) is 0.304. The number of nitrogens with one attached hydrogen (secondary N) is 1. The lowest BCUT2D eigenvalue weighted by Gasteiger charge is -2.16. The molecule has 7 heteroatoms. The molecule has 0 radical (unpaired) electrons. The van der Waals surface area contributed by atoms with Gasteiger partial charge in [0, 0.05) is 0 Å². The van der Waals surface area contributed by atoms with Crippen LogP contribution in [0.3, 0.4) is 0 Å². The number of nitrogens with zero attached hydrogens (tertiary/aromatic N) is 1. The molecule has 158 valence electrons. The first-order valence-electron chi connectivity index (χ1n) is 9.72. The van der Waals surface area contributed by atoms with E-state index in [0.29, 0.717) is 28.3 Å². The van der Waals surface area contributed by atoms with Gasteiger partial charge in [0.2, 0.25) is 0 Å². The molecule has 0 aromatic heterocycles. The Morgan fingerprint density at radius 1 is 0.933 bits per heavy atom. The summed E-state index contributed by atoms with van der Waals surface area (Å²) in [7, 11) is 3.13. The molecule has 1 aliphatic heterocycles. The number of imide groups is 1. The van der Waals surface area contributed by atoms with E-state index in [9.17, 15) is 9.59 Å². The summed E-state index contributed by atoms with van der Waals surface area (Å²) in [6, 6.07) is 14.3. The highest BCUT2D eigenvalue weighted by molar-refractivity contribution is 6.36. The Bertz CT molecular complexity index is 950. The van der Waals surface area contributed by atoms with Gasteiger partial charge in [-0.3, -0.25) is 14.5 Å². The average Bonchev–Trinajstić information content (AvgIpc) is 2.98. The topological polar surface area (TPSA) is 77.1 Å². The van der Waals surface area contributed by atoms with Crippen molar-refractivity contribution in [3.05, 3.63) is 59.8 Å². The number of methoxy groups -OCH3 is 2. The molecule has 0 bridgehead atoms. The van der Waals surface area contributed by atoms with E-state index in [1.807, 2.05) is 26.0 Å². The molecular weight excluding hydrogens is 384 g/mol. The van der Waals surface area contributed by atoms with E-state index in [4.69, 9.17) is 14.2 Å². The van der Waals surface area contributed by atoms with Gasteiger partial charge in [0.15, 0.2) is 0 Å². The van der Waals surface area contributed by atoms with Crippen LogP contribution in [0.5, 0.6) is 11.5 Å². The summed E-state index contributed by atoms with van der Waals surface area (Å²) in [6.07, 6.45) is 0.0120. The van der Waals surface area contributed by atoms with Crippen molar-refractivity contribution < 1.29 is 23.8 Å². The van der Waals surface area contributed by atoms with Crippen LogP contribution < -0.4 is 14.8 Å². The molecule has 0 saturated heterocycles. The normalized spacial score (nSPS) is 14.0. The highest BCUT2D eigenvalue weighted by Gasteiger charge is 2.39. The van der Waals surface area contributed by atoms with Crippen LogP contribution in [0, 0.1) is 0 Å². The van der Waals surface area contributed by atoms with Crippen LogP contribution in [-0.2, 0) is 14.3 Å². The van der Waals surface area contributed by atoms with Crippen LogP contribution in [-0.4, -0.2) is 50.2 Å². The molecule has 2 aromatic carbocycles. The van der Waals surface area contributed by atoms with Crippen molar-refractivity contribution in [2.45, 2.75) is 20.0 Å². The number of ether oxygens (including phenoxy) is 3. The fourth-order valence-corrected chi connectivity index (χ4v) is 3.18. The molecular formula is C23H26N2O5. The molecule has 2 aromatic rings. The summed E-state index contributed by atoms with van der Waals surface area (Å²) in [4.78, 5) is 27.6. The van der Waals surface area contributed by atoms with Crippen LogP contribution in [0.1, 0.15) is 19.4 Å². The number of anilines is 1. The Morgan fingerprint density at radius 3 is 2.27 bits per heavy atom. The van der Waals surface area contributed by atoms with Crippen molar-refractivity contribution in [2.24, 2.45) is 0 Å². The Hall–Kier alpha value is -3.32. The minimum atomic E-state index is -0.399. The molecule has 0 fully saturated rings. The number of rotatable bonds is 9. The number of carbonyl (C=O) groups is 2. The van der Waals surface area contributed by atoms with Crippen molar-refractivity contribution in [2.75, 3.05) is 32.7 Å². The van der Waals surface area contributed by atoms with Gasteiger partial charge in [0.05, 0.1) is 44.7 Å². The zero-order valence-electron chi connectivity index (χ0n) is 17.6. The zero-order valence-corrected chi connectivity index (χ0v) is 17.6. The summed E-state index contributed by atoms with van der Waals surface area (Å²) in [6.45, 7) is 4.26. The Labute approximate surface area is 176 Å². The predicted molar refractivity (Wildman–Crippen MR) is 114 cm³/mol. The minimum Gasteiger partial charge on any atom is -0.497 e. The zero-order chi connectivity index (χ0) is 21.7. The third-order valence-corrected chi connectivity index (χ3v) is 4.68. The summed E-state index contributed by atoms with van der Waals surface area (Å²) >= 11 is 0. The Balaban J connectivity index is 1.99. The number of hydrogen-bond donors (Lipinski definition) is 1. The van der Waals surface area contributed by atoms with Crippen molar-refractivity contribution in [3.63, 3.8) is 0 Å². The van der Waals surface area contributed by atoms with Crippen molar-refractivity contribution in [1.29, 1.82) is 0 Å². The van der Waals surface area contributed by atoms with Gasteiger partial charge >= 0.3 is 0 Å². The number of carbonyl (C=O) groups excluding carboxylic acids is 2. The molecule has 30 heavy (non-hydrogen) atoms. The average molecular weight is 410 g/mol. The van der Waals surface area contributed by atoms with Gasteiger partial charge in [-0.05, 0) is 43.7 Å².